The average molecular weight is 198 g/mol. The van der Waals surface area contributed by atoms with E-state index in [1.807, 2.05) is 0 Å². The fourth-order valence-corrected chi connectivity index (χ4v) is 2.67. The van der Waals surface area contributed by atoms with E-state index in [1.165, 1.54) is 26.5 Å². The van der Waals surface area contributed by atoms with E-state index in [9.17, 15) is 4.79 Å². The lowest BCUT2D eigenvalue weighted by Gasteiger charge is -2.39. The van der Waals surface area contributed by atoms with Crippen molar-refractivity contribution in [3.05, 3.63) is 0 Å². The van der Waals surface area contributed by atoms with E-state index in [-0.39, 0.29) is 5.97 Å². The van der Waals surface area contributed by atoms with Crippen molar-refractivity contribution in [1.29, 1.82) is 0 Å². The van der Waals surface area contributed by atoms with E-state index in [1.54, 1.807) is 0 Å². The second-order valence-corrected chi connectivity index (χ2v) is 4.43. The minimum Gasteiger partial charge on any atom is -0.468 e. The summed E-state index contributed by atoms with van der Waals surface area (Å²) in [7, 11) is 1.41. The topological polar surface area (TPSA) is 55.6 Å². The first-order chi connectivity index (χ1) is 6.65. The number of carbonyl (C=O) groups excluding carboxylic acids is 1. The van der Waals surface area contributed by atoms with Gasteiger partial charge in [-0.25, -0.2) is 0 Å². The Morgan fingerprint density at radius 2 is 2.36 bits per heavy atom. The first kappa shape index (κ1) is 9.93. The third kappa shape index (κ3) is 1.53. The molecule has 2 heterocycles. The fourth-order valence-electron chi connectivity index (χ4n) is 2.67. The van der Waals surface area contributed by atoms with Gasteiger partial charge in [0, 0.05) is 12.6 Å². The molecule has 0 radical (unpaired) electrons. The molecule has 0 aromatic carbocycles. The van der Waals surface area contributed by atoms with E-state index in [0.29, 0.717) is 6.04 Å². The van der Waals surface area contributed by atoms with Crippen molar-refractivity contribution >= 4 is 5.97 Å². The molecule has 0 saturated carbocycles. The Hall–Kier alpha value is -0.610. The van der Waals surface area contributed by atoms with Crippen molar-refractivity contribution < 1.29 is 9.53 Å². The molecule has 0 aromatic heterocycles. The molecule has 0 bridgehead atoms. The van der Waals surface area contributed by atoms with Crippen LogP contribution in [0.25, 0.3) is 0 Å². The smallest absolute Gasteiger partial charge is 0.325 e. The highest BCUT2D eigenvalue weighted by molar-refractivity contribution is 5.80. The second kappa shape index (κ2) is 3.51. The van der Waals surface area contributed by atoms with Gasteiger partial charge in [0.2, 0.25) is 0 Å². The quantitative estimate of drug-likeness (QED) is 0.608. The molecular formula is C10H18N2O2. The molecule has 2 fully saturated rings. The third-order valence-electron chi connectivity index (χ3n) is 3.54. The number of nitrogens with two attached hydrogens (primary N) is 1. The van der Waals surface area contributed by atoms with Crippen molar-refractivity contribution in [3.8, 4) is 0 Å². The predicted octanol–water partition coefficient (Wildman–Crippen LogP) is 0.115. The van der Waals surface area contributed by atoms with Gasteiger partial charge < -0.3 is 15.4 Å². The van der Waals surface area contributed by atoms with Crippen LogP contribution in [0.4, 0.5) is 0 Å². The van der Waals surface area contributed by atoms with Crippen LogP contribution in [0.2, 0.25) is 0 Å². The van der Waals surface area contributed by atoms with E-state index in [2.05, 4.69) is 4.90 Å². The molecule has 2 saturated heterocycles. The summed E-state index contributed by atoms with van der Waals surface area (Å²) in [5.74, 6) is -0.246. The van der Waals surface area contributed by atoms with Crippen LogP contribution in [0.3, 0.4) is 0 Å². The minimum absolute atomic E-state index is 0.246. The maximum atomic E-state index is 11.5. The lowest BCUT2D eigenvalue weighted by Crippen LogP contribution is -2.58. The Bertz CT molecular complexity index is 244. The van der Waals surface area contributed by atoms with Gasteiger partial charge in [-0.05, 0) is 32.2 Å². The van der Waals surface area contributed by atoms with Gasteiger partial charge in [-0.15, -0.1) is 0 Å². The average Bonchev–Trinajstić information content (AvgIpc) is 2.63. The monoisotopic (exact) mass is 198 g/mol. The Balaban J connectivity index is 2.06. The summed E-state index contributed by atoms with van der Waals surface area (Å²) in [5.41, 5.74) is 5.35. The molecule has 80 valence electrons. The van der Waals surface area contributed by atoms with Crippen LogP contribution in [-0.4, -0.2) is 42.6 Å². The fraction of sp³-hybridized carbons (Fsp3) is 0.900. The van der Waals surface area contributed by atoms with Crippen LogP contribution in [0.15, 0.2) is 0 Å². The van der Waals surface area contributed by atoms with Crippen LogP contribution in [-0.2, 0) is 9.53 Å². The molecule has 2 unspecified atom stereocenters. The van der Waals surface area contributed by atoms with Gasteiger partial charge >= 0.3 is 5.97 Å². The molecule has 0 amide bonds. The standard InChI is InChI=1S/C10H18N2O2/c1-14-9(13)10(11)4-6-12-5-2-3-8(12)7-10/h8H,2-7,11H2,1H3. The summed E-state index contributed by atoms with van der Waals surface area (Å²) in [6, 6.07) is 0.507. The number of hydrogen-bond donors (Lipinski definition) is 1. The van der Waals surface area contributed by atoms with E-state index in [0.717, 1.165) is 19.4 Å². The summed E-state index contributed by atoms with van der Waals surface area (Å²) >= 11 is 0. The Kier molecular flexibility index (Phi) is 2.49. The predicted molar refractivity (Wildman–Crippen MR) is 52.8 cm³/mol. The zero-order chi connectivity index (χ0) is 10.2. The normalized spacial score (nSPS) is 38.0. The molecule has 4 heteroatoms. The lowest BCUT2D eigenvalue weighted by atomic mass is 9.84. The number of nitrogens with zero attached hydrogens (tertiary/aromatic N) is 1. The number of esters is 1. The summed E-state index contributed by atoms with van der Waals surface area (Å²) in [4.78, 5) is 13.9. The number of rotatable bonds is 1. The number of methoxy groups -OCH3 is 1. The van der Waals surface area contributed by atoms with Crippen LogP contribution >= 0.6 is 0 Å². The van der Waals surface area contributed by atoms with Crippen LogP contribution in [0.5, 0.6) is 0 Å². The van der Waals surface area contributed by atoms with Gasteiger partial charge in [-0.1, -0.05) is 0 Å². The van der Waals surface area contributed by atoms with E-state index < -0.39 is 5.54 Å². The number of piperidine rings is 1. The maximum Gasteiger partial charge on any atom is 0.325 e. The lowest BCUT2D eigenvalue weighted by molar-refractivity contribution is -0.149. The number of fused-ring (bicyclic) bond motifs is 1. The highest BCUT2D eigenvalue weighted by Crippen LogP contribution is 2.32. The van der Waals surface area contributed by atoms with E-state index in [4.69, 9.17) is 10.5 Å². The molecule has 4 nitrogen and oxygen atoms in total. The number of carbonyl (C=O) groups is 1. The maximum absolute atomic E-state index is 11.5. The Labute approximate surface area is 84.4 Å². The van der Waals surface area contributed by atoms with Gasteiger partial charge in [-0.3, -0.25) is 4.79 Å². The molecular weight excluding hydrogens is 180 g/mol. The number of ether oxygens (including phenoxy) is 1. The number of hydrogen-bond acceptors (Lipinski definition) is 4. The van der Waals surface area contributed by atoms with Crippen molar-refractivity contribution in [3.63, 3.8) is 0 Å². The first-order valence-electron chi connectivity index (χ1n) is 5.27. The molecule has 2 N–H and O–H groups in total. The van der Waals surface area contributed by atoms with Crippen LogP contribution in [0, 0.1) is 0 Å². The zero-order valence-corrected chi connectivity index (χ0v) is 8.66. The summed E-state index contributed by atoms with van der Waals surface area (Å²) < 4.78 is 4.76. The van der Waals surface area contributed by atoms with Crippen molar-refractivity contribution in [1.82, 2.24) is 4.90 Å². The SMILES string of the molecule is COC(=O)C1(N)CCN2CCCC2C1. The van der Waals surface area contributed by atoms with Gasteiger partial charge in [-0.2, -0.15) is 0 Å². The van der Waals surface area contributed by atoms with Gasteiger partial charge in [0.15, 0.2) is 0 Å². The van der Waals surface area contributed by atoms with Crippen molar-refractivity contribution in [2.75, 3.05) is 20.2 Å². The Morgan fingerprint density at radius 1 is 1.57 bits per heavy atom. The highest BCUT2D eigenvalue weighted by atomic mass is 16.5. The molecule has 2 atom stereocenters. The van der Waals surface area contributed by atoms with Crippen LogP contribution in [0.1, 0.15) is 25.7 Å². The first-order valence-corrected chi connectivity index (χ1v) is 5.27. The molecule has 0 aromatic rings. The summed E-state index contributed by atoms with van der Waals surface area (Å²) in [5, 5.41) is 0. The molecule has 14 heavy (non-hydrogen) atoms. The molecule has 0 spiro atoms. The van der Waals surface area contributed by atoms with Crippen molar-refractivity contribution in [2.24, 2.45) is 5.73 Å². The minimum atomic E-state index is -0.722. The second-order valence-electron chi connectivity index (χ2n) is 4.43. The van der Waals surface area contributed by atoms with Crippen molar-refractivity contribution in [2.45, 2.75) is 37.3 Å². The van der Waals surface area contributed by atoms with Gasteiger partial charge in [0.1, 0.15) is 5.54 Å². The van der Waals surface area contributed by atoms with Crippen LogP contribution < -0.4 is 5.73 Å². The third-order valence-corrected chi connectivity index (χ3v) is 3.54. The summed E-state index contributed by atoms with van der Waals surface area (Å²) in [6.07, 6.45) is 3.91. The molecule has 0 aliphatic carbocycles. The molecule has 2 rings (SSSR count). The largest absolute Gasteiger partial charge is 0.468 e. The Morgan fingerprint density at radius 3 is 3.07 bits per heavy atom. The van der Waals surface area contributed by atoms with E-state index >= 15 is 0 Å². The molecule has 2 aliphatic heterocycles. The van der Waals surface area contributed by atoms with Gasteiger partial charge in [0.25, 0.3) is 0 Å². The highest BCUT2D eigenvalue weighted by Gasteiger charge is 2.44. The van der Waals surface area contributed by atoms with Gasteiger partial charge in [0.05, 0.1) is 7.11 Å². The molecule has 2 aliphatic rings. The zero-order valence-electron chi connectivity index (χ0n) is 8.66. The summed E-state index contributed by atoms with van der Waals surface area (Å²) in [6.45, 7) is 2.11.